The van der Waals surface area contributed by atoms with Crippen LogP contribution in [0.4, 0.5) is 5.69 Å². The molecule has 3 amide bonds. The van der Waals surface area contributed by atoms with Crippen LogP contribution < -0.4 is 20.3 Å². The van der Waals surface area contributed by atoms with E-state index in [0.29, 0.717) is 12.2 Å². The number of aryl methyl sites for hydroxylation is 2. The minimum absolute atomic E-state index is 0.182. The molecule has 3 aromatic rings. The highest BCUT2D eigenvalue weighted by Crippen LogP contribution is 2.41. The van der Waals surface area contributed by atoms with Crippen molar-refractivity contribution < 1.29 is 29.3 Å². The number of aliphatic hydroxyl groups is 2. The molecular weight excluding hydrogens is 628 g/mol. The Hall–Kier alpha value is -4.06. The molecule has 4 N–H and O–H groups in total. The molecule has 0 aromatic heterocycles. The van der Waals surface area contributed by atoms with Crippen molar-refractivity contribution in [3.63, 3.8) is 0 Å². The molecule has 5 rings (SSSR count). The lowest BCUT2D eigenvalue weighted by Gasteiger charge is -2.34. The van der Waals surface area contributed by atoms with Crippen LogP contribution in [0.3, 0.4) is 0 Å². The Bertz CT molecular complexity index is 1620. The van der Waals surface area contributed by atoms with Gasteiger partial charge in [-0.1, -0.05) is 54.6 Å². The summed E-state index contributed by atoms with van der Waals surface area (Å²) in [6.45, 7) is 7.30. The van der Waals surface area contributed by atoms with Crippen molar-refractivity contribution in [1.29, 1.82) is 0 Å². The highest BCUT2D eigenvalue weighted by atomic mass is 32.2. The minimum Gasteiger partial charge on any atom is -0.483 e. The predicted octanol–water partition coefficient (Wildman–Crippen LogP) is 3.29. The zero-order chi connectivity index (χ0) is 34.7. The molecule has 2 aliphatic rings. The van der Waals surface area contributed by atoms with Crippen LogP contribution in [0.15, 0.2) is 66.7 Å². The average molecular weight is 675 g/mol. The van der Waals surface area contributed by atoms with Gasteiger partial charge in [0.1, 0.15) is 11.8 Å². The fraction of sp³-hybridized carbons (Fsp3) is 0.432. The van der Waals surface area contributed by atoms with Crippen LogP contribution in [0, 0.1) is 13.8 Å². The summed E-state index contributed by atoms with van der Waals surface area (Å²) in [5.74, 6) is -0.769. The van der Waals surface area contributed by atoms with Crippen LogP contribution in [-0.2, 0) is 27.2 Å². The highest BCUT2D eigenvalue weighted by molar-refractivity contribution is 8.00. The van der Waals surface area contributed by atoms with Crippen molar-refractivity contribution in [1.82, 2.24) is 15.5 Å². The summed E-state index contributed by atoms with van der Waals surface area (Å²) in [6, 6.07) is 18.3. The molecule has 11 heteroatoms. The van der Waals surface area contributed by atoms with Crippen molar-refractivity contribution >= 4 is 35.2 Å². The van der Waals surface area contributed by atoms with E-state index < -0.39 is 52.8 Å². The number of amides is 3. The summed E-state index contributed by atoms with van der Waals surface area (Å²) in [7, 11) is 3.91. The third kappa shape index (κ3) is 7.64. The monoisotopic (exact) mass is 674 g/mol. The van der Waals surface area contributed by atoms with E-state index in [2.05, 4.69) is 10.6 Å². The number of rotatable bonds is 11. The summed E-state index contributed by atoms with van der Waals surface area (Å²) >= 11 is 1.44. The summed E-state index contributed by atoms with van der Waals surface area (Å²) in [5.41, 5.74) is 5.43. The van der Waals surface area contributed by atoms with Crippen molar-refractivity contribution in [3.05, 3.63) is 94.5 Å². The number of benzene rings is 3. The first-order chi connectivity index (χ1) is 22.8. The number of anilines is 1. The Morgan fingerprint density at radius 2 is 1.69 bits per heavy atom. The number of ether oxygens (including phenoxy) is 1. The van der Waals surface area contributed by atoms with Crippen molar-refractivity contribution in [2.75, 3.05) is 31.5 Å². The molecule has 48 heavy (non-hydrogen) atoms. The lowest BCUT2D eigenvalue weighted by Crippen LogP contribution is -2.59. The summed E-state index contributed by atoms with van der Waals surface area (Å²) in [5, 5.41) is 28.2. The molecule has 5 atom stereocenters. The number of aliphatic hydroxyl groups excluding tert-OH is 2. The third-order valence-electron chi connectivity index (χ3n) is 9.17. The van der Waals surface area contributed by atoms with Gasteiger partial charge in [-0.2, -0.15) is 0 Å². The maximum absolute atomic E-state index is 14.1. The van der Waals surface area contributed by atoms with E-state index in [1.807, 2.05) is 113 Å². The van der Waals surface area contributed by atoms with E-state index in [9.17, 15) is 24.6 Å². The summed E-state index contributed by atoms with van der Waals surface area (Å²) in [4.78, 5) is 44.6. The van der Waals surface area contributed by atoms with Crippen LogP contribution >= 0.6 is 11.8 Å². The fourth-order valence-corrected chi connectivity index (χ4v) is 7.78. The lowest BCUT2D eigenvalue weighted by atomic mass is 9.96. The van der Waals surface area contributed by atoms with Crippen LogP contribution in [0.25, 0.3) is 0 Å². The number of thioether (sulfide) groups is 1. The van der Waals surface area contributed by atoms with Crippen molar-refractivity contribution in [3.8, 4) is 5.75 Å². The Labute approximate surface area is 286 Å². The van der Waals surface area contributed by atoms with E-state index in [1.54, 1.807) is 0 Å². The SMILES string of the molecule is Cc1cc(N(C)C)cc(C)c1OCC(=O)N[C@@H](Cc1ccccc1)[C@H](O)C(=O)N1CSC(C)(C)[C@H]1C(=O)N[C@H]1c2ccccc2C[C@H]1O. The Balaban J connectivity index is 1.32. The van der Waals surface area contributed by atoms with Gasteiger partial charge in [-0.15, -0.1) is 11.8 Å². The molecule has 0 radical (unpaired) electrons. The first-order valence-corrected chi connectivity index (χ1v) is 17.2. The Morgan fingerprint density at radius 3 is 2.35 bits per heavy atom. The molecule has 0 saturated carbocycles. The maximum atomic E-state index is 14.1. The quantitative estimate of drug-likeness (QED) is 0.244. The van der Waals surface area contributed by atoms with Crippen molar-refractivity contribution in [2.24, 2.45) is 0 Å². The van der Waals surface area contributed by atoms with Gasteiger partial charge in [0.2, 0.25) is 5.91 Å². The zero-order valence-electron chi connectivity index (χ0n) is 28.4. The van der Waals surface area contributed by atoms with E-state index in [1.165, 1.54) is 16.7 Å². The number of nitrogens with zero attached hydrogens (tertiary/aromatic N) is 2. The molecule has 0 bridgehead atoms. The Kier molecular flexibility index (Phi) is 10.7. The normalized spacial score (nSPS) is 20.8. The van der Waals surface area contributed by atoms with E-state index in [4.69, 9.17) is 4.74 Å². The number of hydrogen-bond acceptors (Lipinski definition) is 8. The van der Waals surface area contributed by atoms with Gasteiger partial charge in [0.25, 0.3) is 11.8 Å². The van der Waals surface area contributed by atoms with Gasteiger partial charge in [-0.25, -0.2) is 0 Å². The minimum atomic E-state index is -1.64. The molecule has 0 unspecified atom stereocenters. The van der Waals surface area contributed by atoms with Gasteiger partial charge < -0.3 is 35.4 Å². The molecule has 3 aromatic carbocycles. The van der Waals surface area contributed by atoms with Crippen LogP contribution in [0.5, 0.6) is 5.75 Å². The summed E-state index contributed by atoms with van der Waals surface area (Å²) in [6.07, 6.45) is -1.82. The van der Waals surface area contributed by atoms with E-state index in [0.717, 1.165) is 33.5 Å². The maximum Gasteiger partial charge on any atom is 0.258 e. The fourth-order valence-electron chi connectivity index (χ4n) is 6.64. The molecule has 1 heterocycles. The summed E-state index contributed by atoms with van der Waals surface area (Å²) < 4.78 is 5.27. The molecular formula is C37H46N4O6S. The second-order valence-electron chi connectivity index (χ2n) is 13.4. The number of nitrogens with one attached hydrogen (secondary N) is 2. The zero-order valence-corrected chi connectivity index (χ0v) is 29.2. The second-order valence-corrected chi connectivity index (χ2v) is 15.0. The number of carbonyl (C=O) groups is 3. The average Bonchev–Trinajstić information content (AvgIpc) is 3.54. The molecule has 1 aliphatic heterocycles. The number of carbonyl (C=O) groups excluding carboxylic acids is 3. The smallest absolute Gasteiger partial charge is 0.258 e. The first-order valence-electron chi connectivity index (χ1n) is 16.2. The van der Waals surface area contributed by atoms with Gasteiger partial charge in [0.15, 0.2) is 12.7 Å². The topological polar surface area (TPSA) is 131 Å². The standard InChI is InChI=1S/C37H46N4O6S/c1-22-16-26(40(5)6)17-23(2)33(22)47-20-30(43)38-28(18-24-12-8-7-9-13-24)32(44)36(46)41-21-48-37(3,4)34(41)35(45)39-31-27-15-11-10-14-25(27)19-29(31)42/h7-17,28-29,31-32,34,42,44H,18-21H2,1-6H3,(H,38,43)(H,39,45)/t28-,29+,31-,32-,34+/m0/s1. The molecule has 1 fully saturated rings. The van der Waals surface area contributed by atoms with Crippen LogP contribution in [0.2, 0.25) is 0 Å². The number of fused-ring (bicyclic) bond motifs is 1. The van der Waals surface area contributed by atoms with E-state index in [-0.39, 0.29) is 18.9 Å². The number of hydrogen-bond donors (Lipinski definition) is 4. The second kappa shape index (κ2) is 14.6. The van der Waals surface area contributed by atoms with Gasteiger partial charge >= 0.3 is 0 Å². The molecule has 1 saturated heterocycles. The van der Waals surface area contributed by atoms with Gasteiger partial charge in [-0.3, -0.25) is 14.4 Å². The molecule has 10 nitrogen and oxygen atoms in total. The van der Waals surface area contributed by atoms with Gasteiger partial charge in [0, 0.05) is 31.0 Å². The highest BCUT2D eigenvalue weighted by Gasteiger charge is 2.50. The molecule has 0 spiro atoms. The van der Waals surface area contributed by atoms with Crippen molar-refractivity contribution in [2.45, 2.75) is 75.6 Å². The van der Waals surface area contributed by atoms with Crippen LogP contribution in [-0.4, -0.2) is 88.5 Å². The van der Waals surface area contributed by atoms with Gasteiger partial charge in [0.05, 0.1) is 24.1 Å². The lowest BCUT2D eigenvalue weighted by molar-refractivity contribution is -0.148. The molecule has 1 aliphatic carbocycles. The Morgan fingerprint density at radius 1 is 1.04 bits per heavy atom. The third-order valence-corrected chi connectivity index (χ3v) is 10.5. The predicted molar refractivity (Wildman–Crippen MR) is 188 cm³/mol. The van der Waals surface area contributed by atoms with E-state index >= 15 is 0 Å². The van der Waals surface area contributed by atoms with Crippen LogP contribution in [0.1, 0.15) is 47.7 Å². The molecule has 256 valence electrons. The van der Waals surface area contributed by atoms with Gasteiger partial charge in [-0.05, 0) is 74.1 Å². The first kappa shape index (κ1) is 35.3. The largest absolute Gasteiger partial charge is 0.483 e.